The van der Waals surface area contributed by atoms with E-state index in [0.717, 1.165) is 16.9 Å². The number of aryl methyl sites for hydroxylation is 2. The van der Waals surface area contributed by atoms with Crippen LogP contribution in [0, 0.1) is 12.7 Å². The molecule has 0 saturated carbocycles. The molecule has 2 unspecified atom stereocenters. The van der Waals surface area contributed by atoms with Crippen LogP contribution in [0.5, 0.6) is 0 Å². The number of carbonyl (C=O) groups excluding carboxylic acids is 1. The molecule has 3 aromatic rings. The molecule has 0 spiro atoms. The minimum atomic E-state index is -0.707. The number of halogens is 1. The van der Waals surface area contributed by atoms with Crippen LogP contribution in [-0.4, -0.2) is 28.0 Å². The highest BCUT2D eigenvalue weighted by Crippen LogP contribution is 2.35. The van der Waals surface area contributed by atoms with E-state index in [1.807, 2.05) is 56.7 Å². The maximum absolute atomic E-state index is 13.9. The van der Waals surface area contributed by atoms with E-state index in [0.29, 0.717) is 6.54 Å². The summed E-state index contributed by atoms with van der Waals surface area (Å²) in [5, 5.41) is 6.41. The van der Waals surface area contributed by atoms with Crippen LogP contribution in [0.1, 0.15) is 37.1 Å². The van der Waals surface area contributed by atoms with Crippen LogP contribution in [0.3, 0.4) is 0 Å². The fraction of sp³-hybridized carbons (Fsp3) is 0.333. The molecule has 2 aromatic carbocycles. The number of hydrogen-bond donors (Lipinski definition) is 2. The Bertz CT molecular complexity index is 1020. The van der Waals surface area contributed by atoms with Gasteiger partial charge in [0.25, 0.3) is 0 Å². The van der Waals surface area contributed by atoms with Gasteiger partial charge in [-0.15, -0.1) is 0 Å². The van der Waals surface area contributed by atoms with E-state index in [2.05, 4.69) is 21.7 Å². The van der Waals surface area contributed by atoms with Gasteiger partial charge in [0.05, 0.1) is 6.33 Å². The molecule has 158 valence electrons. The van der Waals surface area contributed by atoms with Gasteiger partial charge in [-0.05, 0) is 56.2 Å². The van der Waals surface area contributed by atoms with Crippen molar-refractivity contribution in [3.63, 3.8) is 0 Å². The maximum atomic E-state index is 13.9. The highest BCUT2D eigenvalue weighted by Gasteiger charge is 2.34. The number of imidazole rings is 1. The molecular weight excluding hydrogens is 379 g/mol. The molecule has 2 atom stereocenters. The molecule has 6 heteroatoms. The average molecular weight is 409 g/mol. The van der Waals surface area contributed by atoms with Gasteiger partial charge in [0.1, 0.15) is 5.82 Å². The summed E-state index contributed by atoms with van der Waals surface area (Å²) in [6, 6.07) is 14.5. The Labute approximate surface area is 177 Å². The predicted octanol–water partition coefficient (Wildman–Crippen LogP) is 4.18. The van der Waals surface area contributed by atoms with Crippen LogP contribution >= 0.6 is 0 Å². The molecular formula is C24H29FN4O. The van der Waals surface area contributed by atoms with Crippen molar-refractivity contribution >= 4 is 11.6 Å². The van der Waals surface area contributed by atoms with Crippen LogP contribution in [-0.2, 0) is 17.3 Å². The summed E-state index contributed by atoms with van der Waals surface area (Å²) in [5.74, 6) is -0.418. The number of nitrogens with zero attached hydrogens (tertiary/aromatic N) is 2. The van der Waals surface area contributed by atoms with Crippen molar-refractivity contribution in [3.05, 3.63) is 83.7 Å². The van der Waals surface area contributed by atoms with Gasteiger partial charge >= 0.3 is 0 Å². The lowest BCUT2D eigenvalue weighted by molar-refractivity contribution is -0.122. The van der Waals surface area contributed by atoms with Crippen molar-refractivity contribution in [2.45, 2.75) is 38.6 Å². The fourth-order valence-corrected chi connectivity index (χ4v) is 3.79. The Morgan fingerprint density at radius 2 is 2.00 bits per heavy atom. The minimum absolute atomic E-state index is 0.0682. The molecule has 0 aliphatic carbocycles. The molecule has 5 nitrogen and oxygen atoms in total. The summed E-state index contributed by atoms with van der Waals surface area (Å²) in [4.78, 5) is 17.1. The van der Waals surface area contributed by atoms with Crippen molar-refractivity contribution < 1.29 is 9.18 Å². The SMILES string of the molecule is Cc1cccc(NCC(C)NC(=O)CC(C)(c2cccc(F)c2)c2cncn2C)c1. The van der Waals surface area contributed by atoms with E-state index in [1.54, 1.807) is 18.6 Å². The molecule has 0 saturated heterocycles. The zero-order chi connectivity index (χ0) is 21.7. The Hall–Kier alpha value is -3.15. The van der Waals surface area contributed by atoms with Gasteiger partial charge in [-0.25, -0.2) is 9.37 Å². The largest absolute Gasteiger partial charge is 0.383 e. The van der Waals surface area contributed by atoms with Crippen molar-refractivity contribution in [1.29, 1.82) is 0 Å². The lowest BCUT2D eigenvalue weighted by Gasteiger charge is -2.31. The molecule has 0 bridgehead atoms. The molecule has 0 aliphatic rings. The van der Waals surface area contributed by atoms with Crippen LogP contribution < -0.4 is 10.6 Å². The Morgan fingerprint density at radius 1 is 1.23 bits per heavy atom. The minimum Gasteiger partial charge on any atom is -0.383 e. The van der Waals surface area contributed by atoms with Crippen LogP contribution in [0.15, 0.2) is 61.1 Å². The van der Waals surface area contributed by atoms with Crippen molar-refractivity contribution in [3.8, 4) is 0 Å². The number of amides is 1. The van der Waals surface area contributed by atoms with Crippen LogP contribution in [0.25, 0.3) is 0 Å². The monoisotopic (exact) mass is 408 g/mol. The zero-order valence-corrected chi connectivity index (χ0v) is 17.9. The second kappa shape index (κ2) is 9.11. The van der Waals surface area contributed by atoms with Crippen LogP contribution in [0.2, 0.25) is 0 Å². The Kier molecular flexibility index (Phi) is 6.55. The van der Waals surface area contributed by atoms with E-state index in [9.17, 15) is 9.18 Å². The van der Waals surface area contributed by atoms with Crippen molar-refractivity contribution in [2.75, 3.05) is 11.9 Å². The summed E-state index contributed by atoms with van der Waals surface area (Å²) >= 11 is 0. The number of carbonyl (C=O) groups is 1. The predicted molar refractivity (Wildman–Crippen MR) is 118 cm³/mol. The van der Waals surface area contributed by atoms with Crippen molar-refractivity contribution in [2.24, 2.45) is 7.05 Å². The molecule has 1 heterocycles. The van der Waals surface area contributed by atoms with Gasteiger partial charge in [-0.3, -0.25) is 4.79 Å². The first-order chi connectivity index (χ1) is 14.3. The van der Waals surface area contributed by atoms with Crippen molar-refractivity contribution in [1.82, 2.24) is 14.9 Å². The number of aromatic nitrogens is 2. The van der Waals surface area contributed by atoms with Gasteiger partial charge in [0.15, 0.2) is 0 Å². The standard InChI is InChI=1S/C24H29FN4O/c1-17-7-5-10-21(11-17)27-14-18(2)28-23(30)13-24(3,22-15-26-16-29(22)4)19-8-6-9-20(25)12-19/h5-12,15-16,18,27H,13-14H2,1-4H3,(H,28,30). The Balaban J connectivity index is 1.71. The highest BCUT2D eigenvalue weighted by molar-refractivity contribution is 5.78. The summed E-state index contributed by atoms with van der Waals surface area (Å²) in [6.07, 6.45) is 3.62. The van der Waals surface area contributed by atoms with E-state index >= 15 is 0 Å². The smallest absolute Gasteiger partial charge is 0.221 e. The number of anilines is 1. The van der Waals surface area contributed by atoms with Crippen LogP contribution in [0.4, 0.5) is 10.1 Å². The third kappa shape index (κ3) is 5.06. The maximum Gasteiger partial charge on any atom is 0.221 e. The number of rotatable bonds is 8. The number of benzene rings is 2. The first kappa shape index (κ1) is 21.6. The first-order valence-corrected chi connectivity index (χ1v) is 10.1. The lowest BCUT2D eigenvalue weighted by atomic mass is 9.76. The second-order valence-electron chi connectivity index (χ2n) is 8.13. The summed E-state index contributed by atoms with van der Waals surface area (Å²) in [7, 11) is 1.88. The second-order valence-corrected chi connectivity index (χ2v) is 8.13. The third-order valence-electron chi connectivity index (χ3n) is 5.40. The van der Waals surface area contributed by atoms with Gasteiger partial charge in [0.2, 0.25) is 5.91 Å². The topological polar surface area (TPSA) is 58.9 Å². The van der Waals surface area contributed by atoms with E-state index < -0.39 is 5.41 Å². The lowest BCUT2D eigenvalue weighted by Crippen LogP contribution is -2.41. The molecule has 0 radical (unpaired) electrons. The zero-order valence-electron chi connectivity index (χ0n) is 17.9. The molecule has 30 heavy (non-hydrogen) atoms. The Morgan fingerprint density at radius 3 is 2.67 bits per heavy atom. The summed E-state index contributed by atoms with van der Waals surface area (Å²) in [5.41, 5.74) is 3.09. The normalized spacial score (nSPS) is 14.0. The summed E-state index contributed by atoms with van der Waals surface area (Å²) in [6.45, 7) is 6.57. The summed E-state index contributed by atoms with van der Waals surface area (Å²) < 4.78 is 15.8. The van der Waals surface area contributed by atoms with Gasteiger partial charge in [-0.2, -0.15) is 0 Å². The quantitative estimate of drug-likeness (QED) is 0.588. The van der Waals surface area contributed by atoms with E-state index in [-0.39, 0.29) is 24.2 Å². The molecule has 1 aromatic heterocycles. The van der Waals surface area contributed by atoms with Gasteiger partial charge in [0, 0.05) is 49.0 Å². The molecule has 0 fully saturated rings. The first-order valence-electron chi connectivity index (χ1n) is 10.1. The van der Waals surface area contributed by atoms with Gasteiger partial charge < -0.3 is 15.2 Å². The average Bonchev–Trinajstić information content (AvgIpc) is 3.13. The molecule has 3 rings (SSSR count). The molecule has 0 aliphatic heterocycles. The fourth-order valence-electron chi connectivity index (χ4n) is 3.79. The molecule has 1 amide bonds. The van der Waals surface area contributed by atoms with E-state index in [1.165, 1.54) is 17.7 Å². The third-order valence-corrected chi connectivity index (χ3v) is 5.40. The number of nitrogens with one attached hydrogen (secondary N) is 2. The molecule has 2 N–H and O–H groups in total. The van der Waals surface area contributed by atoms with E-state index in [4.69, 9.17) is 0 Å². The number of hydrogen-bond acceptors (Lipinski definition) is 3. The highest BCUT2D eigenvalue weighted by atomic mass is 19.1. The van der Waals surface area contributed by atoms with Gasteiger partial charge in [-0.1, -0.05) is 24.3 Å².